The molecule has 0 aliphatic carbocycles. The van der Waals surface area contributed by atoms with Gasteiger partial charge in [0, 0.05) is 22.0 Å². The molecule has 18 heavy (non-hydrogen) atoms. The second kappa shape index (κ2) is 7.38. The SMILES string of the molecule is SC(S)(CCC1CS1)SSC(S)(S)CCC1CS1. The van der Waals surface area contributed by atoms with Gasteiger partial charge in [-0.25, -0.2) is 0 Å². The standard InChI is InChI=1S/C10H18S8/c11-9(12,3-1-7-5-15-7)17-18-10(13,14)4-2-8-6-16-8/h7-8,11-14H,1-6H2. The summed E-state index contributed by atoms with van der Waals surface area (Å²) >= 11 is 22.7. The molecule has 0 aromatic carbocycles. The van der Waals surface area contributed by atoms with Crippen molar-refractivity contribution in [2.75, 3.05) is 11.5 Å². The van der Waals surface area contributed by atoms with Gasteiger partial charge in [0.1, 0.15) is 6.82 Å². The molecule has 2 rings (SSSR count). The van der Waals surface area contributed by atoms with Crippen molar-refractivity contribution in [2.24, 2.45) is 0 Å². The predicted molar refractivity (Wildman–Crippen MR) is 108 cm³/mol. The molecule has 2 fully saturated rings. The van der Waals surface area contributed by atoms with Gasteiger partial charge in [-0.05, 0) is 25.7 Å². The molecule has 0 spiro atoms. The maximum absolute atomic E-state index is 4.65. The Kier molecular flexibility index (Phi) is 7.03. The zero-order valence-electron chi connectivity index (χ0n) is 9.82. The molecule has 2 aliphatic heterocycles. The first-order valence-electron chi connectivity index (χ1n) is 5.86. The molecule has 0 saturated carbocycles. The minimum absolute atomic E-state index is 0.265. The number of rotatable bonds is 9. The van der Waals surface area contributed by atoms with Crippen LogP contribution >= 0.6 is 95.6 Å². The van der Waals surface area contributed by atoms with Crippen LogP contribution in [0.4, 0.5) is 0 Å². The largest absolute Gasteiger partial charge is 0.157 e. The number of thioether (sulfide) groups is 2. The Morgan fingerprint density at radius 1 is 0.833 bits per heavy atom. The van der Waals surface area contributed by atoms with Gasteiger partial charge in [0.25, 0.3) is 0 Å². The highest BCUT2D eigenvalue weighted by Gasteiger charge is 2.33. The van der Waals surface area contributed by atoms with Crippen LogP contribution in [0.5, 0.6) is 0 Å². The van der Waals surface area contributed by atoms with Crippen molar-refractivity contribution in [3.8, 4) is 0 Å². The van der Waals surface area contributed by atoms with Gasteiger partial charge in [-0.3, -0.25) is 0 Å². The zero-order chi connectivity index (χ0) is 13.2. The van der Waals surface area contributed by atoms with Gasteiger partial charge in [-0.2, -0.15) is 74.0 Å². The third-order valence-electron chi connectivity index (χ3n) is 2.70. The van der Waals surface area contributed by atoms with Crippen molar-refractivity contribution < 1.29 is 0 Å². The van der Waals surface area contributed by atoms with Gasteiger partial charge in [0.15, 0.2) is 0 Å². The topological polar surface area (TPSA) is 0 Å². The summed E-state index contributed by atoms with van der Waals surface area (Å²) in [6.07, 6.45) is 4.50. The van der Waals surface area contributed by atoms with E-state index in [4.69, 9.17) is 0 Å². The summed E-state index contributed by atoms with van der Waals surface area (Å²) in [5.41, 5.74) is 0. The maximum Gasteiger partial charge on any atom is 0.111 e. The Morgan fingerprint density at radius 3 is 1.44 bits per heavy atom. The monoisotopic (exact) mass is 394 g/mol. The van der Waals surface area contributed by atoms with Crippen LogP contribution in [0.15, 0.2) is 0 Å². The van der Waals surface area contributed by atoms with E-state index in [9.17, 15) is 0 Å². The molecule has 2 atom stereocenters. The zero-order valence-corrected chi connectivity index (χ0v) is 16.7. The number of hydrogen-bond donors (Lipinski definition) is 4. The van der Waals surface area contributed by atoms with Crippen molar-refractivity contribution in [2.45, 2.75) is 43.0 Å². The summed E-state index contributed by atoms with van der Waals surface area (Å²) in [4.78, 5) is 0. The molecule has 2 unspecified atom stereocenters. The molecule has 0 amide bonds. The first kappa shape index (κ1) is 17.2. The smallest absolute Gasteiger partial charge is 0.111 e. The summed E-state index contributed by atoms with van der Waals surface area (Å²) < 4.78 is -0.530. The average molecular weight is 395 g/mol. The first-order chi connectivity index (χ1) is 8.36. The van der Waals surface area contributed by atoms with E-state index in [-0.39, 0.29) is 6.82 Å². The third kappa shape index (κ3) is 7.71. The van der Waals surface area contributed by atoms with E-state index in [1.165, 1.54) is 24.3 Å². The molecular formula is C10H18S8. The van der Waals surface area contributed by atoms with Gasteiger partial charge in [0.05, 0.1) is 0 Å². The van der Waals surface area contributed by atoms with Gasteiger partial charge < -0.3 is 0 Å². The average Bonchev–Trinajstić information content (AvgIpc) is 3.16. The molecule has 2 saturated heterocycles. The van der Waals surface area contributed by atoms with Crippen LogP contribution in [-0.4, -0.2) is 28.8 Å². The van der Waals surface area contributed by atoms with E-state index < -0.39 is 0 Å². The van der Waals surface area contributed by atoms with E-state index in [1.54, 1.807) is 21.6 Å². The molecule has 0 aromatic rings. The fourth-order valence-corrected chi connectivity index (χ4v) is 6.39. The molecular weight excluding hydrogens is 377 g/mol. The molecule has 0 bridgehead atoms. The van der Waals surface area contributed by atoms with Gasteiger partial charge >= 0.3 is 0 Å². The molecule has 106 valence electrons. The van der Waals surface area contributed by atoms with E-state index in [2.05, 4.69) is 50.5 Å². The van der Waals surface area contributed by atoms with Crippen molar-refractivity contribution in [3.63, 3.8) is 0 Å². The maximum atomic E-state index is 4.65. The van der Waals surface area contributed by atoms with E-state index in [0.29, 0.717) is 0 Å². The molecule has 0 radical (unpaired) electrons. The molecule has 0 N–H and O–H groups in total. The van der Waals surface area contributed by atoms with Crippen molar-refractivity contribution in [3.05, 3.63) is 0 Å². The lowest BCUT2D eigenvalue weighted by atomic mass is 10.3. The first-order valence-corrected chi connectivity index (χ1v) is 11.9. The van der Waals surface area contributed by atoms with Gasteiger partial charge in [-0.1, -0.05) is 21.6 Å². The Morgan fingerprint density at radius 2 is 1.17 bits per heavy atom. The minimum Gasteiger partial charge on any atom is -0.157 e. The van der Waals surface area contributed by atoms with Crippen molar-refractivity contribution in [1.82, 2.24) is 0 Å². The summed E-state index contributed by atoms with van der Waals surface area (Å²) in [7, 11) is 3.41. The van der Waals surface area contributed by atoms with Crippen LogP contribution in [0.1, 0.15) is 25.7 Å². The van der Waals surface area contributed by atoms with E-state index in [1.807, 2.05) is 23.5 Å². The third-order valence-corrected chi connectivity index (χ3v) is 11.2. The molecule has 2 heterocycles. The number of thiol groups is 4. The van der Waals surface area contributed by atoms with E-state index >= 15 is 0 Å². The second-order valence-corrected chi connectivity index (χ2v) is 15.0. The Bertz CT molecular complexity index is 243. The fraction of sp³-hybridized carbons (Fsp3) is 1.00. The Labute approximate surface area is 149 Å². The van der Waals surface area contributed by atoms with Crippen LogP contribution in [0, 0.1) is 0 Å². The molecule has 8 heteroatoms. The normalized spacial score (nSPS) is 27.3. The highest BCUT2D eigenvalue weighted by Crippen LogP contribution is 2.55. The summed E-state index contributed by atoms with van der Waals surface area (Å²) in [6.45, 7) is 0. The fourth-order valence-electron chi connectivity index (χ4n) is 1.38. The second-order valence-electron chi connectivity index (χ2n) is 4.64. The highest BCUT2D eigenvalue weighted by atomic mass is 33.1. The summed E-state index contributed by atoms with van der Waals surface area (Å²) in [5, 5.41) is 1.72. The van der Waals surface area contributed by atoms with Crippen LogP contribution in [0.3, 0.4) is 0 Å². The van der Waals surface area contributed by atoms with Gasteiger partial charge in [-0.15, -0.1) is 0 Å². The van der Waals surface area contributed by atoms with Crippen LogP contribution in [0.2, 0.25) is 0 Å². The lowest BCUT2D eigenvalue weighted by Crippen LogP contribution is -2.12. The van der Waals surface area contributed by atoms with Crippen LogP contribution in [-0.2, 0) is 0 Å². The highest BCUT2D eigenvalue weighted by molar-refractivity contribution is 8.83. The quantitative estimate of drug-likeness (QED) is 0.184. The minimum atomic E-state index is -0.265. The van der Waals surface area contributed by atoms with Crippen molar-refractivity contribution in [1.29, 1.82) is 0 Å². The molecule has 0 aromatic heterocycles. The van der Waals surface area contributed by atoms with Gasteiger partial charge in [0.2, 0.25) is 0 Å². The lowest BCUT2D eigenvalue weighted by Gasteiger charge is -2.27. The lowest BCUT2D eigenvalue weighted by molar-refractivity contribution is 0.800. The summed E-state index contributed by atoms with van der Waals surface area (Å²) in [5.74, 6) is 2.63. The molecule has 0 nitrogen and oxygen atoms in total. The predicted octanol–water partition coefficient (Wildman–Crippen LogP) is 5.19. The van der Waals surface area contributed by atoms with E-state index in [0.717, 1.165) is 23.3 Å². The molecule has 2 aliphatic rings. The van der Waals surface area contributed by atoms with Crippen LogP contribution < -0.4 is 0 Å². The Hall–Kier alpha value is 2.80. The van der Waals surface area contributed by atoms with Crippen LogP contribution in [0.25, 0.3) is 0 Å². The summed E-state index contributed by atoms with van der Waals surface area (Å²) in [6, 6.07) is 0. The van der Waals surface area contributed by atoms with Crippen molar-refractivity contribution >= 4 is 95.6 Å². The number of hydrogen-bond acceptors (Lipinski definition) is 8. The Balaban J connectivity index is 1.63.